The van der Waals surface area contributed by atoms with Gasteiger partial charge < -0.3 is 10.4 Å². The molecule has 0 saturated carbocycles. The molecule has 6 heteroatoms. The van der Waals surface area contributed by atoms with Crippen LogP contribution >= 0.6 is 12.4 Å². The standard InChI is InChI=1S/C6H10F3NO.ClH/c7-6(8,9)4-1-2-10-3-5(4)11;/h4-5,10-11H,1-3H2;1H. The van der Waals surface area contributed by atoms with Gasteiger partial charge in [-0.3, -0.25) is 0 Å². The van der Waals surface area contributed by atoms with Crippen molar-refractivity contribution in [2.24, 2.45) is 5.92 Å². The van der Waals surface area contributed by atoms with Gasteiger partial charge in [0.1, 0.15) is 0 Å². The molecular weight excluding hydrogens is 195 g/mol. The van der Waals surface area contributed by atoms with Crippen molar-refractivity contribution in [2.75, 3.05) is 13.1 Å². The van der Waals surface area contributed by atoms with Crippen molar-refractivity contribution in [1.82, 2.24) is 5.32 Å². The van der Waals surface area contributed by atoms with Crippen LogP contribution < -0.4 is 5.32 Å². The van der Waals surface area contributed by atoms with Crippen LogP contribution in [0.15, 0.2) is 0 Å². The fourth-order valence-electron chi connectivity index (χ4n) is 1.22. The molecule has 0 amide bonds. The zero-order valence-corrected chi connectivity index (χ0v) is 7.08. The summed E-state index contributed by atoms with van der Waals surface area (Å²) in [5.41, 5.74) is 0. The van der Waals surface area contributed by atoms with Gasteiger partial charge in [0.25, 0.3) is 0 Å². The molecule has 2 nitrogen and oxygen atoms in total. The Bertz CT molecular complexity index is 141. The summed E-state index contributed by atoms with van der Waals surface area (Å²) in [5.74, 6) is -1.54. The summed E-state index contributed by atoms with van der Waals surface area (Å²) < 4.78 is 36.0. The fourth-order valence-corrected chi connectivity index (χ4v) is 1.22. The van der Waals surface area contributed by atoms with Crippen molar-refractivity contribution >= 4 is 12.4 Å². The summed E-state index contributed by atoms with van der Waals surface area (Å²) in [5, 5.41) is 11.6. The minimum Gasteiger partial charge on any atom is -0.391 e. The van der Waals surface area contributed by atoms with Crippen LogP contribution in [0.1, 0.15) is 6.42 Å². The smallest absolute Gasteiger partial charge is 0.391 e. The summed E-state index contributed by atoms with van der Waals surface area (Å²) in [4.78, 5) is 0. The minimum absolute atomic E-state index is 0. The predicted octanol–water partition coefficient (Wildman–Crippen LogP) is 0.941. The number of hydrogen-bond acceptors (Lipinski definition) is 2. The number of aliphatic hydroxyl groups excluding tert-OH is 1. The van der Waals surface area contributed by atoms with E-state index >= 15 is 0 Å². The number of aliphatic hydroxyl groups is 1. The van der Waals surface area contributed by atoms with Crippen molar-refractivity contribution in [2.45, 2.75) is 18.7 Å². The molecule has 74 valence electrons. The van der Waals surface area contributed by atoms with Crippen molar-refractivity contribution in [3.05, 3.63) is 0 Å². The summed E-state index contributed by atoms with van der Waals surface area (Å²) in [7, 11) is 0. The molecule has 2 atom stereocenters. The first-order valence-electron chi connectivity index (χ1n) is 3.47. The third kappa shape index (κ3) is 2.80. The van der Waals surface area contributed by atoms with Gasteiger partial charge in [0.05, 0.1) is 12.0 Å². The van der Waals surface area contributed by atoms with Crippen molar-refractivity contribution in [1.29, 1.82) is 0 Å². The maximum atomic E-state index is 12.0. The second kappa shape index (κ2) is 4.30. The van der Waals surface area contributed by atoms with E-state index in [-0.39, 0.29) is 25.4 Å². The van der Waals surface area contributed by atoms with Crippen LogP contribution in [0, 0.1) is 5.92 Å². The largest absolute Gasteiger partial charge is 0.394 e. The average molecular weight is 206 g/mol. The number of piperidine rings is 1. The van der Waals surface area contributed by atoms with Crippen molar-refractivity contribution in [3.63, 3.8) is 0 Å². The quantitative estimate of drug-likeness (QED) is 0.617. The van der Waals surface area contributed by atoms with E-state index in [9.17, 15) is 13.2 Å². The lowest BCUT2D eigenvalue weighted by Crippen LogP contribution is -2.46. The van der Waals surface area contributed by atoms with E-state index < -0.39 is 18.2 Å². The average Bonchev–Trinajstić information content (AvgIpc) is 1.86. The van der Waals surface area contributed by atoms with E-state index in [0.29, 0.717) is 6.54 Å². The molecule has 0 aliphatic carbocycles. The Kier molecular flexibility index (Phi) is 4.30. The Morgan fingerprint density at radius 1 is 1.33 bits per heavy atom. The molecule has 0 radical (unpaired) electrons. The summed E-state index contributed by atoms with van der Waals surface area (Å²) in [6, 6.07) is 0. The van der Waals surface area contributed by atoms with Crippen molar-refractivity contribution in [3.8, 4) is 0 Å². The molecule has 1 aliphatic heterocycles. The molecule has 1 rings (SSSR count). The lowest BCUT2D eigenvalue weighted by atomic mass is 9.95. The van der Waals surface area contributed by atoms with Gasteiger partial charge in [0.15, 0.2) is 0 Å². The van der Waals surface area contributed by atoms with Gasteiger partial charge in [-0.1, -0.05) is 0 Å². The van der Waals surface area contributed by atoms with Gasteiger partial charge in [-0.25, -0.2) is 0 Å². The highest BCUT2D eigenvalue weighted by Gasteiger charge is 2.44. The first-order valence-corrected chi connectivity index (χ1v) is 3.47. The van der Waals surface area contributed by atoms with Crippen LogP contribution in [0.2, 0.25) is 0 Å². The Hall–Kier alpha value is -0.0000000000000000555. The van der Waals surface area contributed by atoms with Gasteiger partial charge >= 0.3 is 6.18 Å². The molecule has 1 aliphatic rings. The molecule has 1 fully saturated rings. The maximum Gasteiger partial charge on any atom is 0.394 e. The van der Waals surface area contributed by atoms with Crippen LogP contribution in [-0.2, 0) is 0 Å². The van der Waals surface area contributed by atoms with Crippen LogP contribution in [-0.4, -0.2) is 30.5 Å². The Morgan fingerprint density at radius 2 is 1.92 bits per heavy atom. The second-order valence-electron chi connectivity index (χ2n) is 2.71. The van der Waals surface area contributed by atoms with E-state index in [1.54, 1.807) is 0 Å². The van der Waals surface area contributed by atoms with E-state index in [0.717, 1.165) is 0 Å². The van der Waals surface area contributed by atoms with E-state index in [4.69, 9.17) is 5.11 Å². The maximum absolute atomic E-state index is 12.0. The normalized spacial score (nSPS) is 31.0. The lowest BCUT2D eigenvalue weighted by Gasteiger charge is -2.29. The summed E-state index contributed by atoms with van der Waals surface area (Å²) in [6.45, 7) is 0.380. The zero-order chi connectivity index (χ0) is 8.48. The molecule has 0 aromatic heterocycles. The van der Waals surface area contributed by atoms with E-state index in [2.05, 4.69) is 5.32 Å². The molecule has 0 aromatic rings. The molecule has 0 spiro atoms. The molecule has 2 N–H and O–H groups in total. The number of alkyl halides is 3. The number of nitrogens with one attached hydrogen (secondary N) is 1. The lowest BCUT2D eigenvalue weighted by molar-refractivity contribution is -0.204. The first kappa shape index (κ1) is 12.0. The molecule has 0 aromatic carbocycles. The summed E-state index contributed by atoms with van der Waals surface area (Å²) in [6.07, 6.45) is -5.55. The molecular formula is C6H11ClF3NO. The van der Waals surface area contributed by atoms with Gasteiger partial charge in [-0.2, -0.15) is 13.2 Å². The fraction of sp³-hybridized carbons (Fsp3) is 1.00. The van der Waals surface area contributed by atoms with Gasteiger partial charge in [-0.05, 0) is 13.0 Å². The molecule has 0 bridgehead atoms. The van der Waals surface area contributed by atoms with Gasteiger partial charge in [0, 0.05) is 6.54 Å². The van der Waals surface area contributed by atoms with Crippen molar-refractivity contribution < 1.29 is 18.3 Å². The Morgan fingerprint density at radius 3 is 2.25 bits per heavy atom. The van der Waals surface area contributed by atoms with Crippen LogP contribution in [0.3, 0.4) is 0 Å². The number of β-amino-alcohol motifs (C(OH)–C–C–N with tert-alkyl or cyclic N) is 1. The highest BCUT2D eigenvalue weighted by Crippen LogP contribution is 2.32. The molecule has 1 saturated heterocycles. The number of rotatable bonds is 0. The Labute approximate surface area is 74.6 Å². The number of halogens is 4. The minimum atomic E-state index is -4.25. The monoisotopic (exact) mass is 205 g/mol. The summed E-state index contributed by atoms with van der Waals surface area (Å²) >= 11 is 0. The third-order valence-corrected chi connectivity index (χ3v) is 1.87. The van der Waals surface area contributed by atoms with Crippen LogP contribution in [0.4, 0.5) is 13.2 Å². The first-order chi connectivity index (χ1) is 5.02. The Balaban J connectivity index is 0.00000121. The van der Waals surface area contributed by atoms with Crippen LogP contribution in [0.25, 0.3) is 0 Å². The van der Waals surface area contributed by atoms with Gasteiger partial charge in [0.2, 0.25) is 0 Å². The topological polar surface area (TPSA) is 32.3 Å². The molecule has 1 heterocycles. The molecule has 2 unspecified atom stereocenters. The van der Waals surface area contributed by atoms with Gasteiger partial charge in [-0.15, -0.1) is 12.4 Å². The highest BCUT2D eigenvalue weighted by atomic mass is 35.5. The molecule has 12 heavy (non-hydrogen) atoms. The van der Waals surface area contributed by atoms with E-state index in [1.165, 1.54) is 0 Å². The SMILES string of the molecule is Cl.OC1CNCCC1C(F)(F)F. The third-order valence-electron chi connectivity index (χ3n) is 1.87. The number of hydrogen-bond donors (Lipinski definition) is 2. The predicted molar refractivity (Wildman–Crippen MR) is 40.3 cm³/mol. The zero-order valence-electron chi connectivity index (χ0n) is 6.27. The van der Waals surface area contributed by atoms with Crippen LogP contribution in [0.5, 0.6) is 0 Å². The highest BCUT2D eigenvalue weighted by molar-refractivity contribution is 5.85. The van der Waals surface area contributed by atoms with E-state index in [1.807, 2.05) is 0 Å². The second-order valence-corrected chi connectivity index (χ2v) is 2.71.